The summed E-state index contributed by atoms with van der Waals surface area (Å²) in [5.41, 5.74) is 1.71. The third-order valence-electron chi connectivity index (χ3n) is 4.17. The summed E-state index contributed by atoms with van der Waals surface area (Å²) in [6.45, 7) is 2.79. The summed E-state index contributed by atoms with van der Waals surface area (Å²) in [5, 5.41) is 3.41. The molecule has 0 bridgehead atoms. The molecule has 3 rings (SSSR count). The van der Waals surface area contributed by atoms with E-state index in [-0.39, 0.29) is 17.4 Å². The van der Waals surface area contributed by atoms with E-state index in [0.29, 0.717) is 29.7 Å². The van der Waals surface area contributed by atoms with Gasteiger partial charge in [-0.05, 0) is 36.8 Å². The largest absolute Gasteiger partial charge is 0.494 e. The van der Waals surface area contributed by atoms with Gasteiger partial charge in [0.1, 0.15) is 11.5 Å². The minimum absolute atomic E-state index is 0.184. The maximum Gasteiger partial charge on any atom is 0.287 e. The van der Waals surface area contributed by atoms with E-state index in [9.17, 15) is 9.00 Å². The lowest BCUT2D eigenvalue weighted by molar-refractivity contribution is 0.0921. The summed E-state index contributed by atoms with van der Waals surface area (Å²) >= 11 is 6.11. The van der Waals surface area contributed by atoms with Gasteiger partial charge in [0.2, 0.25) is 0 Å². The van der Waals surface area contributed by atoms with Gasteiger partial charge in [0, 0.05) is 27.9 Å². The van der Waals surface area contributed by atoms with Gasteiger partial charge < -0.3 is 14.5 Å². The van der Waals surface area contributed by atoms with Gasteiger partial charge >= 0.3 is 0 Å². The van der Waals surface area contributed by atoms with Crippen LogP contribution in [0.25, 0.3) is 0 Å². The first kappa shape index (κ1) is 21.1. The molecule has 5 nitrogen and oxygen atoms in total. The van der Waals surface area contributed by atoms with Gasteiger partial charge in [-0.2, -0.15) is 0 Å². The smallest absolute Gasteiger partial charge is 0.287 e. The van der Waals surface area contributed by atoms with E-state index in [0.717, 1.165) is 16.9 Å². The second kappa shape index (κ2) is 10.3. The van der Waals surface area contributed by atoms with Crippen LogP contribution in [0.2, 0.25) is 5.02 Å². The molecule has 1 aromatic heterocycles. The molecule has 0 radical (unpaired) electrons. The summed E-state index contributed by atoms with van der Waals surface area (Å²) in [7, 11) is -1.20. The molecule has 1 unspecified atom stereocenters. The molecular formula is C22H22ClNO4S. The zero-order valence-electron chi connectivity index (χ0n) is 16.0. The summed E-state index contributed by atoms with van der Waals surface area (Å²) < 4.78 is 23.5. The number of furan rings is 1. The van der Waals surface area contributed by atoms with Crippen LogP contribution in [0.4, 0.5) is 0 Å². The Morgan fingerprint density at radius 1 is 1.03 bits per heavy atom. The third kappa shape index (κ3) is 5.95. The number of halogens is 1. The maximum absolute atomic E-state index is 12.4. The van der Waals surface area contributed by atoms with Crippen molar-refractivity contribution in [2.75, 3.05) is 6.61 Å². The summed E-state index contributed by atoms with van der Waals surface area (Å²) in [5.74, 6) is 1.63. The van der Waals surface area contributed by atoms with Gasteiger partial charge in [0.15, 0.2) is 5.76 Å². The highest BCUT2D eigenvalue weighted by molar-refractivity contribution is 7.83. The quantitative estimate of drug-likeness (QED) is 0.532. The first-order valence-electron chi connectivity index (χ1n) is 9.22. The summed E-state index contributed by atoms with van der Waals surface area (Å²) in [6.07, 6.45) is 0. The average molecular weight is 432 g/mol. The molecule has 1 atom stereocenters. The highest BCUT2D eigenvalue weighted by Gasteiger charge is 2.14. The molecule has 0 saturated heterocycles. The number of amides is 1. The lowest BCUT2D eigenvalue weighted by atomic mass is 10.2. The third-order valence-corrected chi connectivity index (χ3v) is 5.78. The van der Waals surface area contributed by atoms with E-state index in [4.69, 9.17) is 20.8 Å². The van der Waals surface area contributed by atoms with Crippen LogP contribution in [0.5, 0.6) is 5.75 Å². The van der Waals surface area contributed by atoms with Gasteiger partial charge in [-0.15, -0.1) is 0 Å². The Balaban J connectivity index is 1.56. The van der Waals surface area contributed by atoms with E-state index < -0.39 is 10.8 Å². The molecule has 29 heavy (non-hydrogen) atoms. The highest BCUT2D eigenvalue weighted by Crippen LogP contribution is 2.20. The van der Waals surface area contributed by atoms with Crippen molar-refractivity contribution in [1.82, 2.24) is 5.32 Å². The molecule has 0 spiro atoms. The Kier molecular flexibility index (Phi) is 7.49. The Labute approximate surface area is 177 Å². The van der Waals surface area contributed by atoms with Gasteiger partial charge in [-0.25, -0.2) is 0 Å². The normalized spacial score (nSPS) is 11.8. The lowest BCUT2D eigenvalue weighted by Crippen LogP contribution is -2.22. The van der Waals surface area contributed by atoms with Crippen molar-refractivity contribution < 1.29 is 18.2 Å². The van der Waals surface area contributed by atoms with E-state index in [2.05, 4.69) is 5.32 Å². The first-order valence-corrected chi connectivity index (χ1v) is 11.1. The first-order chi connectivity index (χ1) is 14.1. The molecule has 2 aromatic carbocycles. The van der Waals surface area contributed by atoms with Gasteiger partial charge in [-0.3, -0.25) is 9.00 Å². The maximum atomic E-state index is 12.4. The lowest BCUT2D eigenvalue weighted by Gasteiger charge is -2.10. The van der Waals surface area contributed by atoms with Crippen molar-refractivity contribution >= 4 is 28.3 Å². The Morgan fingerprint density at radius 2 is 1.76 bits per heavy atom. The summed E-state index contributed by atoms with van der Waals surface area (Å²) in [4.78, 5) is 12.4. The van der Waals surface area contributed by atoms with Crippen LogP contribution < -0.4 is 10.1 Å². The molecule has 1 amide bonds. The van der Waals surface area contributed by atoms with Crippen molar-refractivity contribution in [3.8, 4) is 5.75 Å². The topological polar surface area (TPSA) is 68.5 Å². The molecule has 0 aliphatic rings. The van der Waals surface area contributed by atoms with Crippen molar-refractivity contribution in [3.05, 3.63) is 88.3 Å². The van der Waals surface area contributed by atoms with Crippen LogP contribution in [0, 0.1) is 0 Å². The van der Waals surface area contributed by atoms with Crippen molar-refractivity contribution in [2.24, 2.45) is 0 Å². The highest BCUT2D eigenvalue weighted by atomic mass is 35.5. The second-order valence-electron chi connectivity index (χ2n) is 6.31. The Hall–Kier alpha value is -2.57. The molecule has 7 heteroatoms. The van der Waals surface area contributed by atoms with E-state index in [1.165, 1.54) is 0 Å². The number of ether oxygens (including phenoxy) is 1. The number of carbonyl (C=O) groups is 1. The Morgan fingerprint density at radius 3 is 2.52 bits per heavy atom. The van der Waals surface area contributed by atoms with E-state index in [1.807, 2.05) is 49.4 Å². The molecule has 0 aliphatic carbocycles. The van der Waals surface area contributed by atoms with Gasteiger partial charge in [0.05, 0.1) is 18.1 Å². The number of para-hydroxylation sites is 1. The number of hydrogen-bond acceptors (Lipinski definition) is 4. The van der Waals surface area contributed by atoms with Crippen molar-refractivity contribution in [1.29, 1.82) is 0 Å². The number of benzene rings is 2. The number of hydrogen-bond donors (Lipinski definition) is 1. The Bertz CT molecular complexity index is 1000. The predicted molar refractivity (Wildman–Crippen MR) is 114 cm³/mol. The standard InChI is InChI=1S/C22H22ClNO4S/c1-2-27-20-10-6-4-7-16(20)13-24-22(25)21-12-11-18(28-21)15-29(26)14-17-8-3-5-9-19(17)23/h3-12H,2,13-15H2,1H3,(H,24,25). The van der Waals surface area contributed by atoms with Gasteiger partial charge in [0.25, 0.3) is 5.91 Å². The molecule has 0 aliphatic heterocycles. The number of rotatable bonds is 9. The van der Waals surface area contributed by atoms with Crippen molar-refractivity contribution in [2.45, 2.75) is 25.0 Å². The fourth-order valence-electron chi connectivity index (χ4n) is 2.78. The fraction of sp³-hybridized carbons (Fsp3) is 0.227. The van der Waals surface area contributed by atoms with E-state index in [1.54, 1.807) is 18.2 Å². The molecule has 0 fully saturated rings. The SMILES string of the molecule is CCOc1ccccc1CNC(=O)c1ccc(CS(=O)Cc2ccccc2Cl)o1. The molecule has 3 aromatic rings. The number of carbonyl (C=O) groups excluding carboxylic acids is 1. The van der Waals surface area contributed by atoms with Crippen molar-refractivity contribution in [3.63, 3.8) is 0 Å². The van der Waals surface area contributed by atoms with Gasteiger partial charge in [-0.1, -0.05) is 48.0 Å². The average Bonchev–Trinajstić information content (AvgIpc) is 3.17. The monoisotopic (exact) mass is 431 g/mol. The van der Waals surface area contributed by atoms with Crippen LogP contribution >= 0.6 is 11.6 Å². The minimum atomic E-state index is -1.20. The fourth-order valence-corrected chi connectivity index (χ4v) is 4.24. The van der Waals surface area contributed by atoms with Crippen LogP contribution in [-0.4, -0.2) is 16.7 Å². The molecule has 0 saturated carbocycles. The zero-order valence-corrected chi connectivity index (χ0v) is 17.6. The van der Waals surface area contributed by atoms with Crippen LogP contribution in [0.1, 0.15) is 34.4 Å². The van der Waals surface area contributed by atoms with Crippen LogP contribution in [0.15, 0.2) is 65.1 Å². The zero-order chi connectivity index (χ0) is 20.6. The molecule has 1 heterocycles. The van der Waals surface area contributed by atoms with Crippen LogP contribution in [-0.2, 0) is 28.9 Å². The second-order valence-corrected chi connectivity index (χ2v) is 8.17. The molecule has 152 valence electrons. The summed E-state index contributed by atoms with van der Waals surface area (Å²) in [6, 6.07) is 18.1. The number of nitrogens with one attached hydrogen (secondary N) is 1. The minimum Gasteiger partial charge on any atom is -0.494 e. The predicted octanol–water partition coefficient (Wildman–Crippen LogP) is 4.71. The van der Waals surface area contributed by atoms with Crippen LogP contribution in [0.3, 0.4) is 0 Å². The molecule has 1 N–H and O–H groups in total. The molecular weight excluding hydrogens is 410 g/mol. The van der Waals surface area contributed by atoms with E-state index >= 15 is 0 Å².